The Hall–Kier alpha value is -1.24. The van der Waals surface area contributed by atoms with E-state index in [0.717, 1.165) is 50.8 Å². The third-order valence-electron chi connectivity index (χ3n) is 3.39. The van der Waals surface area contributed by atoms with Gasteiger partial charge in [0.15, 0.2) is 0 Å². The van der Waals surface area contributed by atoms with Crippen LogP contribution in [0.2, 0.25) is 0 Å². The lowest BCUT2D eigenvalue weighted by Crippen LogP contribution is -2.48. The fourth-order valence-electron chi connectivity index (χ4n) is 2.11. The predicted molar refractivity (Wildman–Crippen MR) is 75.2 cm³/mol. The van der Waals surface area contributed by atoms with Crippen LogP contribution in [0.1, 0.15) is 5.56 Å². The molecule has 0 spiro atoms. The molecule has 0 atom stereocenters. The molecule has 0 unspecified atom stereocenters. The van der Waals surface area contributed by atoms with Crippen molar-refractivity contribution in [3.8, 4) is 0 Å². The topological polar surface area (TPSA) is 55.7 Å². The zero-order valence-electron chi connectivity index (χ0n) is 11.8. The Morgan fingerprint density at radius 2 is 1.79 bits per heavy atom. The number of piperazine rings is 1. The van der Waals surface area contributed by atoms with Crippen LogP contribution in [0.15, 0.2) is 12.4 Å². The number of hydrogen-bond donors (Lipinski definition) is 1. The molecule has 0 aliphatic carbocycles. The Morgan fingerprint density at radius 3 is 2.32 bits per heavy atom. The molecule has 1 N–H and O–H groups in total. The molecule has 1 fully saturated rings. The standard InChI is InChI=1S/C13H23N5O/c1-16(2)3-4-17-5-7-18(8-6-17)13-14-9-12(11-19)10-15-13/h9-10,19H,3-8,11H2,1-2H3. The summed E-state index contributed by atoms with van der Waals surface area (Å²) < 4.78 is 0. The van der Waals surface area contributed by atoms with Crippen LogP contribution in [0.3, 0.4) is 0 Å². The zero-order chi connectivity index (χ0) is 13.7. The normalized spacial score (nSPS) is 17.2. The molecule has 6 heteroatoms. The lowest BCUT2D eigenvalue weighted by molar-refractivity contribution is 0.228. The molecule has 0 saturated carbocycles. The molecule has 2 heterocycles. The first-order valence-electron chi connectivity index (χ1n) is 6.73. The van der Waals surface area contributed by atoms with Crippen molar-refractivity contribution in [1.82, 2.24) is 19.8 Å². The molecule has 1 aliphatic heterocycles. The molecular formula is C13H23N5O. The lowest BCUT2D eigenvalue weighted by Gasteiger charge is -2.35. The molecule has 1 aromatic rings. The van der Waals surface area contributed by atoms with E-state index >= 15 is 0 Å². The van der Waals surface area contributed by atoms with Crippen molar-refractivity contribution in [2.24, 2.45) is 0 Å². The van der Waals surface area contributed by atoms with Crippen molar-refractivity contribution in [2.45, 2.75) is 6.61 Å². The Labute approximate surface area is 114 Å². The van der Waals surface area contributed by atoms with Gasteiger partial charge in [0.05, 0.1) is 6.61 Å². The molecule has 0 amide bonds. The third kappa shape index (κ3) is 4.12. The minimum absolute atomic E-state index is 0.00140. The molecule has 0 aromatic carbocycles. The van der Waals surface area contributed by atoms with Gasteiger partial charge in [0.25, 0.3) is 0 Å². The van der Waals surface area contributed by atoms with Crippen molar-refractivity contribution in [2.75, 3.05) is 58.3 Å². The molecule has 1 saturated heterocycles. The maximum Gasteiger partial charge on any atom is 0.225 e. The van der Waals surface area contributed by atoms with Gasteiger partial charge in [-0.25, -0.2) is 9.97 Å². The fourth-order valence-corrected chi connectivity index (χ4v) is 2.11. The van der Waals surface area contributed by atoms with Gasteiger partial charge in [0, 0.05) is 57.2 Å². The molecule has 0 bridgehead atoms. The second-order valence-corrected chi connectivity index (χ2v) is 5.18. The average Bonchev–Trinajstić information content (AvgIpc) is 2.46. The summed E-state index contributed by atoms with van der Waals surface area (Å²) in [6.45, 7) is 6.25. The van der Waals surface area contributed by atoms with Gasteiger partial charge < -0.3 is 14.9 Å². The highest BCUT2D eigenvalue weighted by molar-refractivity contribution is 5.30. The number of aliphatic hydroxyl groups excluding tert-OH is 1. The van der Waals surface area contributed by atoms with E-state index in [1.807, 2.05) is 0 Å². The first kappa shape index (κ1) is 14.2. The predicted octanol–water partition coefficient (Wildman–Crippen LogP) is -0.347. The number of aliphatic hydroxyl groups is 1. The largest absolute Gasteiger partial charge is 0.392 e. The van der Waals surface area contributed by atoms with E-state index in [1.54, 1.807) is 12.4 Å². The summed E-state index contributed by atoms with van der Waals surface area (Å²) in [6.07, 6.45) is 3.39. The summed E-state index contributed by atoms with van der Waals surface area (Å²) in [7, 11) is 4.21. The number of hydrogen-bond acceptors (Lipinski definition) is 6. The summed E-state index contributed by atoms with van der Waals surface area (Å²) >= 11 is 0. The Balaban J connectivity index is 1.81. The van der Waals surface area contributed by atoms with Crippen LogP contribution in [0, 0.1) is 0 Å². The van der Waals surface area contributed by atoms with E-state index in [4.69, 9.17) is 5.11 Å². The molecule has 2 rings (SSSR count). The SMILES string of the molecule is CN(C)CCN1CCN(c2ncc(CO)cn2)CC1. The highest BCUT2D eigenvalue weighted by Crippen LogP contribution is 2.10. The van der Waals surface area contributed by atoms with Crippen LogP contribution in [0.4, 0.5) is 5.95 Å². The maximum atomic E-state index is 8.97. The fraction of sp³-hybridized carbons (Fsp3) is 0.692. The minimum atomic E-state index is -0.00140. The van der Waals surface area contributed by atoms with Gasteiger partial charge in [-0.2, -0.15) is 0 Å². The van der Waals surface area contributed by atoms with Crippen molar-refractivity contribution >= 4 is 5.95 Å². The van der Waals surface area contributed by atoms with Crippen molar-refractivity contribution in [3.05, 3.63) is 18.0 Å². The summed E-state index contributed by atoms with van der Waals surface area (Å²) in [5.74, 6) is 0.768. The Kier molecular flexibility index (Phi) is 5.07. The smallest absolute Gasteiger partial charge is 0.225 e. The summed E-state index contributed by atoms with van der Waals surface area (Å²) in [6, 6.07) is 0. The molecule has 19 heavy (non-hydrogen) atoms. The van der Waals surface area contributed by atoms with Crippen molar-refractivity contribution in [3.63, 3.8) is 0 Å². The van der Waals surface area contributed by atoms with E-state index in [-0.39, 0.29) is 6.61 Å². The summed E-state index contributed by atoms with van der Waals surface area (Å²) in [4.78, 5) is 15.5. The van der Waals surface area contributed by atoms with E-state index in [2.05, 4.69) is 38.8 Å². The van der Waals surface area contributed by atoms with Crippen LogP contribution >= 0.6 is 0 Å². The first-order chi connectivity index (χ1) is 9.19. The van der Waals surface area contributed by atoms with E-state index in [0.29, 0.717) is 0 Å². The highest BCUT2D eigenvalue weighted by Gasteiger charge is 2.18. The van der Waals surface area contributed by atoms with Gasteiger partial charge in [-0.1, -0.05) is 0 Å². The van der Waals surface area contributed by atoms with Crippen molar-refractivity contribution < 1.29 is 5.11 Å². The lowest BCUT2D eigenvalue weighted by atomic mass is 10.3. The van der Waals surface area contributed by atoms with Gasteiger partial charge in [0.1, 0.15) is 0 Å². The van der Waals surface area contributed by atoms with Crippen molar-refractivity contribution in [1.29, 1.82) is 0 Å². The number of nitrogens with zero attached hydrogens (tertiary/aromatic N) is 5. The van der Waals surface area contributed by atoms with Crippen LogP contribution < -0.4 is 4.90 Å². The summed E-state index contributed by atoms with van der Waals surface area (Å²) in [5, 5.41) is 8.97. The van der Waals surface area contributed by atoms with Gasteiger partial charge >= 0.3 is 0 Å². The molecule has 6 nitrogen and oxygen atoms in total. The van der Waals surface area contributed by atoms with Gasteiger partial charge in [-0.3, -0.25) is 4.90 Å². The van der Waals surface area contributed by atoms with Gasteiger partial charge in [0.2, 0.25) is 5.95 Å². The second kappa shape index (κ2) is 6.79. The molecule has 106 valence electrons. The second-order valence-electron chi connectivity index (χ2n) is 5.18. The molecule has 0 radical (unpaired) electrons. The number of likely N-dealkylation sites (N-methyl/N-ethyl adjacent to an activating group) is 1. The maximum absolute atomic E-state index is 8.97. The Bertz CT molecular complexity index is 373. The third-order valence-corrected chi connectivity index (χ3v) is 3.39. The van der Waals surface area contributed by atoms with Gasteiger partial charge in [-0.15, -0.1) is 0 Å². The van der Waals surface area contributed by atoms with Crippen LogP contribution in [0.25, 0.3) is 0 Å². The van der Waals surface area contributed by atoms with E-state index in [9.17, 15) is 0 Å². The Morgan fingerprint density at radius 1 is 1.16 bits per heavy atom. The number of anilines is 1. The number of rotatable bonds is 5. The summed E-state index contributed by atoms with van der Waals surface area (Å²) in [5.41, 5.74) is 0.758. The molecule has 1 aromatic heterocycles. The zero-order valence-corrected chi connectivity index (χ0v) is 11.8. The van der Waals surface area contributed by atoms with E-state index < -0.39 is 0 Å². The van der Waals surface area contributed by atoms with Crippen LogP contribution in [-0.4, -0.2) is 78.2 Å². The van der Waals surface area contributed by atoms with Gasteiger partial charge in [-0.05, 0) is 14.1 Å². The van der Waals surface area contributed by atoms with Crippen LogP contribution in [-0.2, 0) is 6.61 Å². The monoisotopic (exact) mass is 265 g/mol. The minimum Gasteiger partial charge on any atom is -0.392 e. The van der Waals surface area contributed by atoms with Crippen LogP contribution in [0.5, 0.6) is 0 Å². The number of aromatic nitrogens is 2. The quantitative estimate of drug-likeness (QED) is 0.785. The average molecular weight is 265 g/mol. The highest BCUT2D eigenvalue weighted by atomic mass is 16.3. The van der Waals surface area contributed by atoms with E-state index in [1.165, 1.54) is 0 Å². The first-order valence-corrected chi connectivity index (χ1v) is 6.73. The molecule has 1 aliphatic rings. The molecular weight excluding hydrogens is 242 g/mol.